The van der Waals surface area contributed by atoms with Gasteiger partial charge in [-0.15, -0.1) is 0 Å². The van der Waals surface area contributed by atoms with Crippen LogP contribution in [0.25, 0.3) is 22.4 Å². The standard InChI is InChI=1S/C19H10BrFN4/c20-13-5-6-17(21)15(7-13)14-8-18(25-19(24)16(14)10-23)12-3-1-11(9-22)2-4-12/h1-8H,(H2,24,25). The second-order valence-electron chi connectivity index (χ2n) is 5.24. The van der Waals surface area contributed by atoms with E-state index < -0.39 is 5.82 Å². The van der Waals surface area contributed by atoms with Crippen molar-refractivity contribution in [3.63, 3.8) is 0 Å². The van der Waals surface area contributed by atoms with E-state index in [1.54, 1.807) is 42.5 Å². The van der Waals surface area contributed by atoms with Gasteiger partial charge in [-0.05, 0) is 36.4 Å². The molecule has 0 aliphatic heterocycles. The molecule has 25 heavy (non-hydrogen) atoms. The van der Waals surface area contributed by atoms with Crippen LogP contribution in [0.5, 0.6) is 0 Å². The minimum atomic E-state index is -0.462. The van der Waals surface area contributed by atoms with Gasteiger partial charge in [0.1, 0.15) is 23.3 Å². The molecule has 3 aromatic rings. The summed E-state index contributed by atoms with van der Waals surface area (Å²) in [5.74, 6) is -0.435. The van der Waals surface area contributed by atoms with Crippen molar-refractivity contribution in [2.45, 2.75) is 0 Å². The Morgan fingerprint density at radius 3 is 2.32 bits per heavy atom. The summed E-state index contributed by atoms with van der Waals surface area (Å²) >= 11 is 3.31. The monoisotopic (exact) mass is 392 g/mol. The van der Waals surface area contributed by atoms with Crippen molar-refractivity contribution < 1.29 is 4.39 Å². The SMILES string of the molecule is N#Cc1ccc(-c2cc(-c3cc(Br)ccc3F)c(C#N)c(N)n2)cc1. The van der Waals surface area contributed by atoms with E-state index in [1.165, 1.54) is 6.07 Å². The number of aromatic nitrogens is 1. The lowest BCUT2D eigenvalue weighted by Gasteiger charge is -2.11. The van der Waals surface area contributed by atoms with E-state index in [0.29, 0.717) is 26.9 Å². The highest BCUT2D eigenvalue weighted by molar-refractivity contribution is 9.10. The van der Waals surface area contributed by atoms with E-state index in [2.05, 4.69) is 20.9 Å². The molecule has 0 radical (unpaired) electrons. The van der Waals surface area contributed by atoms with Crippen LogP contribution in [0.15, 0.2) is 53.0 Å². The molecule has 0 amide bonds. The number of hydrogen-bond donors (Lipinski definition) is 1. The zero-order chi connectivity index (χ0) is 18.0. The molecule has 3 rings (SSSR count). The summed E-state index contributed by atoms with van der Waals surface area (Å²) in [6.45, 7) is 0. The van der Waals surface area contributed by atoms with Gasteiger partial charge in [0.15, 0.2) is 0 Å². The van der Waals surface area contributed by atoms with Gasteiger partial charge in [0, 0.05) is 21.2 Å². The smallest absolute Gasteiger partial charge is 0.142 e. The largest absolute Gasteiger partial charge is 0.383 e. The third kappa shape index (κ3) is 3.21. The molecule has 0 saturated carbocycles. The third-order valence-corrected chi connectivity index (χ3v) is 4.18. The number of rotatable bonds is 2. The number of anilines is 1. The molecule has 0 atom stereocenters. The van der Waals surface area contributed by atoms with Crippen molar-refractivity contribution in [1.29, 1.82) is 10.5 Å². The van der Waals surface area contributed by atoms with Crippen LogP contribution in [0.3, 0.4) is 0 Å². The van der Waals surface area contributed by atoms with Crippen LogP contribution in [-0.4, -0.2) is 4.98 Å². The first kappa shape index (κ1) is 16.6. The van der Waals surface area contributed by atoms with E-state index >= 15 is 0 Å². The highest BCUT2D eigenvalue weighted by Gasteiger charge is 2.16. The number of hydrogen-bond acceptors (Lipinski definition) is 4. The van der Waals surface area contributed by atoms with E-state index in [0.717, 1.165) is 0 Å². The van der Waals surface area contributed by atoms with Crippen LogP contribution in [0.2, 0.25) is 0 Å². The van der Waals surface area contributed by atoms with Crippen molar-refractivity contribution in [1.82, 2.24) is 4.98 Å². The Morgan fingerprint density at radius 2 is 1.68 bits per heavy atom. The quantitative estimate of drug-likeness (QED) is 0.687. The Labute approximate surface area is 152 Å². The van der Waals surface area contributed by atoms with Gasteiger partial charge in [0.25, 0.3) is 0 Å². The van der Waals surface area contributed by atoms with Gasteiger partial charge >= 0.3 is 0 Å². The fraction of sp³-hybridized carbons (Fsp3) is 0. The van der Waals surface area contributed by atoms with Crippen LogP contribution in [-0.2, 0) is 0 Å². The first-order valence-electron chi connectivity index (χ1n) is 7.20. The van der Waals surface area contributed by atoms with Gasteiger partial charge in [-0.2, -0.15) is 10.5 Å². The van der Waals surface area contributed by atoms with Crippen molar-refractivity contribution in [3.05, 3.63) is 69.9 Å². The van der Waals surface area contributed by atoms with Crippen LogP contribution in [0, 0.1) is 28.5 Å². The van der Waals surface area contributed by atoms with Crippen molar-refractivity contribution in [2.24, 2.45) is 0 Å². The summed E-state index contributed by atoms with van der Waals surface area (Å²) in [5.41, 5.74) is 8.41. The fourth-order valence-corrected chi connectivity index (χ4v) is 2.82. The molecule has 0 unspecified atom stereocenters. The Morgan fingerprint density at radius 1 is 0.960 bits per heavy atom. The fourth-order valence-electron chi connectivity index (χ4n) is 2.46. The van der Waals surface area contributed by atoms with Crippen molar-refractivity contribution >= 4 is 21.7 Å². The zero-order valence-corrected chi connectivity index (χ0v) is 14.4. The molecule has 0 spiro atoms. The van der Waals surface area contributed by atoms with Crippen LogP contribution < -0.4 is 5.73 Å². The predicted molar refractivity (Wildman–Crippen MR) is 96.6 cm³/mol. The highest BCUT2D eigenvalue weighted by Crippen LogP contribution is 2.34. The predicted octanol–water partition coefficient (Wildman–Crippen LogP) is 4.64. The second-order valence-corrected chi connectivity index (χ2v) is 6.16. The second kappa shape index (κ2) is 6.72. The molecule has 0 aliphatic carbocycles. The van der Waals surface area contributed by atoms with Gasteiger partial charge < -0.3 is 5.73 Å². The summed E-state index contributed by atoms with van der Waals surface area (Å²) in [4.78, 5) is 4.25. The Balaban J connectivity index is 2.24. The number of nitrogen functional groups attached to an aromatic ring is 1. The van der Waals surface area contributed by atoms with Gasteiger partial charge in [-0.3, -0.25) is 0 Å². The van der Waals surface area contributed by atoms with E-state index in [9.17, 15) is 9.65 Å². The maximum atomic E-state index is 14.3. The number of nitrogens with zero attached hydrogens (tertiary/aromatic N) is 3. The Kier molecular flexibility index (Phi) is 4.47. The maximum Gasteiger partial charge on any atom is 0.142 e. The summed E-state index contributed by atoms with van der Waals surface area (Å²) < 4.78 is 15.0. The number of pyridine rings is 1. The molecule has 0 fully saturated rings. The van der Waals surface area contributed by atoms with Gasteiger partial charge in [0.05, 0.1) is 17.3 Å². The summed E-state index contributed by atoms with van der Waals surface area (Å²) in [7, 11) is 0. The third-order valence-electron chi connectivity index (χ3n) is 3.69. The van der Waals surface area contributed by atoms with Crippen molar-refractivity contribution in [2.75, 3.05) is 5.73 Å². The lowest BCUT2D eigenvalue weighted by atomic mass is 9.98. The molecule has 6 heteroatoms. The lowest BCUT2D eigenvalue weighted by Crippen LogP contribution is -2.00. The molecule has 0 bridgehead atoms. The van der Waals surface area contributed by atoms with Crippen molar-refractivity contribution in [3.8, 4) is 34.5 Å². The summed E-state index contributed by atoms with van der Waals surface area (Å²) in [6.07, 6.45) is 0. The molecule has 0 aliphatic rings. The van der Waals surface area contributed by atoms with E-state index in [1.807, 2.05) is 12.1 Å². The topological polar surface area (TPSA) is 86.5 Å². The molecule has 2 N–H and O–H groups in total. The number of nitriles is 2. The van der Waals surface area contributed by atoms with Gasteiger partial charge in [0.2, 0.25) is 0 Å². The number of nitrogens with two attached hydrogens (primary N) is 1. The molecule has 4 nitrogen and oxygen atoms in total. The number of benzene rings is 2. The van der Waals surface area contributed by atoms with Crippen LogP contribution >= 0.6 is 15.9 Å². The minimum absolute atomic E-state index is 0.0266. The molecule has 0 saturated heterocycles. The zero-order valence-electron chi connectivity index (χ0n) is 12.8. The highest BCUT2D eigenvalue weighted by atomic mass is 79.9. The minimum Gasteiger partial charge on any atom is -0.383 e. The molecule has 1 heterocycles. The van der Waals surface area contributed by atoms with E-state index in [4.69, 9.17) is 11.0 Å². The van der Waals surface area contributed by atoms with Gasteiger partial charge in [-0.1, -0.05) is 28.1 Å². The Bertz CT molecular complexity index is 1050. The Hall–Kier alpha value is -3.22. The molecule has 2 aromatic carbocycles. The van der Waals surface area contributed by atoms with E-state index in [-0.39, 0.29) is 16.9 Å². The van der Waals surface area contributed by atoms with Crippen LogP contribution in [0.4, 0.5) is 10.2 Å². The molecular formula is C19H10BrFN4. The maximum absolute atomic E-state index is 14.3. The molecule has 1 aromatic heterocycles. The average molecular weight is 393 g/mol. The average Bonchev–Trinajstić information content (AvgIpc) is 2.63. The lowest BCUT2D eigenvalue weighted by molar-refractivity contribution is 0.631. The first-order chi connectivity index (χ1) is 12.0. The molecule has 120 valence electrons. The number of halogens is 2. The van der Waals surface area contributed by atoms with Gasteiger partial charge in [-0.25, -0.2) is 9.37 Å². The molecular weight excluding hydrogens is 383 g/mol. The summed E-state index contributed by atoms with van der Waals surface area (Å²) in [5, 5.41) is 18.3. The normalized spacial score (nSPS) is 10.1. The summed E-state index contributed by atoms with van der Waals surface area (Å²) in [6, 6.07) is 16.9. The van der Waals surface area contributed by atoms with Crippen LogP contribution in [0.1, 0.15) is 11.1 Å². The first-order valence-corrected chi connectivity index (χ1v) is 7.99.